The van der Waals surface area contributed by atoms with E-state index in [0.29, 0.717) is 10.6 Å². The summed E-state index contributed by atoms with van der Waals surface area (Å²) < 4.78 is 4.87. The van der Waals surface area contributed by atoms with Crippen molar-refractivity contribution in [1.82, 2.24) is 4.90 Å². The largest absolute Gasteiger partial charge is 0.465 e. The lowest BCUT2D eigenvalue weighted by Crippen LogP contribution is -2.39. The fraction of sp³-hybridized carbons (Fsp3) is 0.333. The molecule has 0 bridgehead atoms. The lowest BCUT2D eigenvalue weighted by molar-refractivity contribution is 0.0500. The van der Waals surface area contributed by atoms with E-state index in [9.17, 15) is 9.59 Å². The molecule has 1 aromatic carbocycles. The number of amides is 2. The zero-order valence-corrected chi connectivity index (χ0v) is 11.3. The van der Waals surface area contributed by atoms with Crippen LogP contribution in [0.4, 0.5) is 9.59 Å². The molecule has 0 heterocycles. The maximum Gasteiger partial charge on any atom is 0.407 e. The van der Waals surface area contributed by atoms with Crippen molar-refractivity contribution in [2.24, 2.45) is 5.73 Å². The molecular weight excluding hydrogens is 272 g/mol. The van der Waals surface area contributed by atoms with Gasteiger partial charge in [-0.05, 0) is 18.6 Å². The van der Waals surface area contributed by atoms with Crippen LogP contribution in [-0.2, 0) is 4.74 Å². The fourth-order valence-electron chi connectivity index (χ4n) is 1.86. The Labute approximate surface area is 115 Å². The lowest BCUT2D eigenvalue weighted by atomic mass is 10.0. The fourth-order valence-corrected chi connectivity index (χ4v) is 2.11. The highest BCUT2D eigenvalue weighted by Crippen LogP contribution is 2.30. The number of carboxylic acid groups (broad SMARTS) is 1. The number of rotatable bonds is 4. The van der Waals surface area contributed by atoms with Crippen LogP contribution in [0.25, 0.3) is 0 Å². The molecule has 0 radical (unpaired) electrons. The molecule has 2 unspecified atom stereocenters. The van der Waals surface area contributed by atoms with Crippen molar-refractivity contribution < 1.29 is 19.4 Å². The molecule has 3 N–H and O–H groups in total. The third-order valence-electron chi connectivity index (χ3n) is 2.69. The Balaban J connectivity index is 3.16. The van der Waals surface area contributed by atoms with Gasteiger partial charge in [0, 0.05) is 12.1 Å². The van der Waals surface area contributed by atoms with Gasteiger partial charge in [0.1, 0.15) is 6.10 Å². The Hall–Kier alpha value is -1.95. The Morgan fingerprint density at radius 3 is 2.47 bits per heavy atom. The van der Waals surface area contributed by atoms with Crippen LogP contribution in [0, 0.1) is 0 Å². The Kier molecular flexibility index (Phi) is 5.00. The first-order valence-electron chi connectivity index (χ1n) is 5.51. The standard InChI is InChI=1S/C12H15ClN2O4/c1-7(19-11(14)16)10(15(2)12(17)18)8-5-3-4-6-9(8)13/h3-7,10H,1-2H3,(H2,14,16)(H,17,18). The van der Waals surface area contributed by atoms with E-state index in [0.717, 1.165) is 4.90 Å². The second-order valence-electron chi connectivity index (χ2n) is 4.00. The molecule has 6 nitrogen and oxygen atoms in total. The van der Waals surface area contributed by atoms with E-state index in [-0.39, 0.29) is 0 Å². The minimum Gasteiger partial charge on any atom is -0.465 e. The first-order valence-corrected chi connectivity index (χ1v) is 5.88. The molecule has 0 saturated heterocycles. The molecule has 1 rings (SSSR count). The number of nitrogens with two attached hydrogens (primary N) is 1. The Morgan fingerprint density at radius 2 is 2.00 bits per heavy atom. The molecule has 7 heteroatoms. The second kappa shape index (κ2) is 6.29. The molecule has 0 aliphatic rings. The molecule has 2 atom stereocenters. The number of hydrogen-bond acceptors (Lipinski definition) is 3. The number of nitrogens with zero attached hydrogens (tertiary/aromatic N) is 1. The number of ether oxygens (including phenoxy) is 1. The normalized spacial score (nSPS) is 13.4. The number of benzene rings is 1. The average molecular weight is 287 g/mol. The summed E-state index contributed by atoms with van der Waals surface area (Å²) in [5.74, 6) is 0. The van der Waals surface area contributed by atoms with Crippen LogP contribution in [0.2, 0.25) is 5.02 Å². The van der Waals surface area contributed by atoms with Gasteiger partial charge in [0.25, 0.3) is 0 Å². The van der Waals surface area contributed by atoms with Gasteiger partial charge >= 0.3 is 12.2 Å². The third kappa shape index (κ3) is 3.75. The van der Waals surface area contributed by atoms with Crippen molar-refractivity contribution in [2.75, 3.05) is 7.05 Å². The highest BCUT2D eigenvalue weighted by Gasteiger charge is 2.30. The van der Waals surface area contributed by atoms with Crippen LogP contribution in [0.3, 0.4) is 0 Å². The summed E-state index contributed by atoms with van der Waals surface area (Å²) in [4.78, 5) is 23.0. The van der Waals surface area contributed by atoms with Gasteiger partial charge in [0.05, 0.1) is 6.04 Å². The van der Waals surface area contributed by atoms with E-state index >= 15 is 0 Å². The number of carbonyl (C=O) groups excluding carboxylic acids is 1. The summed E-state index contributed by atoms with van der Waals surface area (Å²) in [6, 6.07) is 6.02. The summed E-state index contributed by atoms with van der Waals surface area (Å²) in [5.41, 5.74) is 5.51. The number of primary amides is 1. The van der Waals surface area contributed by atoms with Crippen LogP contribution in [0.15, 0.2) is 24.3 Å². The number of carbonyl (C=O) groups is 2. The summed E-state index contributed by atoms with van der Waals surface area (Å²) >= 11 is 6.06. The monoisotopic (exact) mass is 286 g/mol. The highest BCUT2D eigenvalue weighted by atomic mass is 35.5. The maximum absolute atomic E-state index is 11.1. The summed E-state index contributed by atoms with van der Waals surface area (Å²) in [6.45, 7) is 1.55. The molecule has 19 heavy (non-hydrogen) atoms. The summed E-state index contributed by atoms with van der Waals surface area (Å²) in [7, 11) is 1.37. The van der Waals surface area contributed by atoms with Crippen LogP contribution in [-0.4, -0.2) is 35.3 Å². The maximum atomic E-state index is 11.1. The molecule has 0 fully saturated rings. The Bertz CT molecular complexity index is 481. The van der Waals surface area contributed by atoms with Gasteiger partial charge in [-0.1, -0.05) is 29.8 Å². The van der Waals surface area contributed by atoms with E-state index in [1.807, 2.05) is 0 Å². The first-order chi connectivity index (χ1) is 8.84. The van der Waals surface area contributed by atoms with Crippen molar-refractivity contribution in [1.29, 1.82) is 0 Å². The number of likely N-dealkylation sites (N-methyl/N-ethyl adjacent to an activating group) is 1. The summed E-state index contributed by atoms with van der Waals surface area (Å²) in [5, 5.41) is 9.49. The van der Waals surface area contributed by atoms with Crippen molar-refractivity contribution in [3.8, 4) is 0 Å². The molecule has 0 spiro atoms. The van der Waals surface area contributed by atoms with Crippen molar-refractivity contribution in [2.45, 2.75) is 19.1 Å². The van der Waals surface area contributed by atoms with Gasteiger partial charge in [0.15, 0.2) is 0 Å². The van der Waals surface area contributed by atoms with Gasteiger partial charge in [-0.25, -0.2) is 9.59 Å². The van der Waals surface area contributed by atoms with Crippen molar-refractivity contribution in [3.05, 3.63) is 34.9 Å². The van der Waals surface area contributed by atoms with Crippen LogP contribution in [0.5, 0.6) is 0 Å². The molecule has 0 aromatic heterocycles. The van der Waals surface area contributed by atoms with Crippen LogP contribution >= 0.6 is 11.6 Å². The highest BCUT2D eigenvalue weighted by molar-refractivity contribution is 6.31. The zero-order chi connectivity index (χ0) is 14.6. The molecule has 0 aliphatic heterocycles. The zero-order valence-electron chi connectivity index (χ0n) is 10.5. The van der Waals surface area contributed by atoms with Gasteiger partial charge in [-0.3, -0.25) is 0 Å². The van der Waals surface area contributed by atoms with E-state index in [4.69, 9.17) is 27.2 Å². The van der Waals surface area contributed by atoms with Gasteiger partial charge in [0.2, 0.25) is 0 Å². The van der Waals surface area contributed by atoms with Gasteiger partial charge < -0.3 is 20.5 Å². The van der Waals surface area contributed by atoms with Crippen molar-refractivity contribution >= 4 is 23.8 Å². The first kappa shape index (κ1) is 15.1. The molecule has 104 valence electrons. The molecule has 0 aliphatic carbocycles. The van der Waals surface area contributed by atoms with Gasteiger partial charge in [-0.15, -0.1) is 0 Å². The summed E-state index contributed by atoms with van der Waals surface area (Å²) in [6.07, 6.45) is -2.90. The average Bonchev–Trinajstić information content (AvgIpc) is 2.30. The predicted octanol–water partition coefficient (Wildman–Crippen LogP) is 2.47. The third-order valence-corrected chi connectivity index (χ3v) is 3.03. The number of halogens is 1. The molecule has 1 aromatic rings. The molecule has 2 amide bonds. The smallest absolute Gasteiger partial charge is 0.407 e. The minimum absolute atomic E-state index is 0.389. The molecular formula is C12H15ClN2O4. The van der Waals surface area contributed by atoms with Crippen LogP contribution < -0.4 is 5.73 Å². The van der Waals surface area contributed by atoms with E-state index in [1.165, 1.54) is 7.05 Å². The van der Waals surface area contributed by atoms with E-state index in [1.54, 1.807) is 31.2 Å². The SMILES string of the molecule is CC(OC(N)=O)C(c1ccccc1Cl)N(C)C(=O)O. The lowest BCUT2D eigenvalue weighted by Gasteiger charge is -2.31. The van der Waals surface area contributed by atoms with E-state index < -0.39 is 24.3 Å². The second-order valence-corrected chi connectivity index (χ2v) is 4.41. The van der Waals surface area contributed by atoms with Crippen molar-refractivity contribution in [3.63, 3.8) is 0 Å². The van der Waals surface area contributed by atoms with Gasteiger partial charge in [-0.2, -0.15) is 0 Å². The Morgan fingerprint density at radius 1 is 1.42 bits per heavy atom. The quantitative estimate of drug-likeness (QED) is 0.889. The minimum atomic E-state index is -1.16. The predicted molar refractivity (Wildman–Crippen MR) is 70.1 cm³/mol. The molecule has 0 saturated carbocycles. The topological polar surface area (TPSA) is 92.9 Å². The van der Waals surface area contributed by atoms with E-state index in [2.05, 4.69) is 0 Å². The van der Waals surface area contributed by atoms with Crippen LogP contribution in [0.1, 0.15) is 18.5 Å². The number of hydrogen-bond donors (Lipinski definition) is 2.